The number of nitrogens with one attached hydrogen (secondary N) is 1. The third-order valence-corrected chi connectivity index (χ3v) is 3.70. The summed E-state index contributed by atoms with van der Waals surface area (Å²) in [4.78, 5) is 18.4. The van der Waals surface area contributed by atoms with Crippen LogP contribution in [0, 0.1) is 5.92 Å². The van der Waals surface area contributed by atoms with Crippen molar-refractivity contribution >= 4 is 6.03 Å². The average molecular weight is 277 g/mol. The lowest BCUT2D eigenvalue weighted by Crippen LogP contribution is -2.39. The van der Waals surface area contributed by atoms with Gasteiger partial charge in [0.1, 0.15) is 0 Å². The number of amides is 2. The number of hydrogen-bond acceptors (Lipinski definition) is 3. The standard InChI is InChI=1S/C15H23N3O2/c1-3-7-17-15(19)18-9-12(11-20-2)13(10-18)14-6-4-5-8-16-14/h4-6,8,12-13H,3,7,9-11H2,1-2H3,(H,17,19)/t12-,13+/m0/s1. The minimum absolute atomic E-state index is 0.0198. The summed E-state index contributed by atoms with van der Waals surface area (Å²) >= 11 is 0. The second kappa shape index (κ2) is 7.24. The maximum absolute atomic E-state index is 12.1. The molecule has 1 aliphatic rings. The Bertz CT molecular complexity index is 424. The van der Waals surface area contributed by atoms with Gasteiger partial charge < -0.3 is 15.0 Å². The van der Waals surface area contributed by atoms with E-state index in [1.165, 1.54) is 0 Å². The maximum atomic E-state index is 12.1. The average Bonchev–Trinajstić information content (AvgIpc) is 2.90. The molecule has 0 radical (unpaired) electrons. The lowest BCUT2D eigenvalue weighted by atomic mass is 9.93. The number of urea groups is 1. The highest BCUT2D eigenvalue weighted by atomic mass is 16.5. The van der Waals surface area contributed by atoms with Crippen LogP contribution in [-0.4, -0.2) is 49.3 Å². The van der Waals surface area contributed by atoms with E-state index in [0.29, 0.717) is 19.1 Å². The van der Waals surface area contributed by atoms with Gasteiger partial charge in [0.2, 0.25) is 0 Å². The first kappa shape index (κ1) is 14.8. The van der Waals surface area contributed by atoms with Crippen molar-refractivity contribution in [2.75, 3.05) is 33.4 Å². The Morgan fingerprint density at radius 3 is 3.00 bits per heavy atom. The van der Waals surface area contributed by atoms with Crippen molar-refractivity contribution in [3.05, 3.63) is 30.1 Å². The van der Waals surface area contributed by atoms with Crippen molar-refractivity contribution in [3.63, 3.8) is 0 Å². The highest BCUT2D eigenvalue weighted by Crippen LogP contribution is 2.31. The zero-order valence-corrected chi connectivity index (χ0v) is 12.2. The minimum atomic E-state index is 0.0198. The molecule has 1 aromatic rings. The van der Waals surface area contributed by atoms with Crippen molar-refractivity contribution in [2.24, 2.45) is 5.92 Å². The van der Waals surface area contributed by atoms with E-state index < -0.39 is 0 Å². The molecule has 0 saturated carbocycles. The maximum Gasteiger partial charge on any atom is 0.317 e. The third-order valence-electron chi connectivity index (χ3n) is 3.70. The molecular formula is C15H23N3O2. The van der Waals surface area contributed by atoms with Crippen molar-refractivity contribution in [1.82, 2.24) is 15.2 Å². The number of carbonyl (C=O) groups excluding carboxylic acids is 1. The predicted molar refractivity (Wildman–Crippen MR) is 77.6 cm³/mol. The fraction of sp³-hybridized carbons (Fsp3) is 0.600. The summed E-state index contributed by atoms with van der Waals surface area (Å²) in [6.07, 6.45) is 2.75. The Morgan fingerprint density at radius 2 is 2.35 bits per heavy atom. The number of aromatic nitrogens is 1. The van der Waals surface area contributed by atoms with Gasteiger partial charge in [-0.05, 0) is 18.6 Å². The number of nitrogens with zero attached hydrogens (tertiary/aromatic N) is 2. The summed E-state index contributed by atoms with van der Waals surface area (Å²) in [5, 5.41) is 2.93. The summed E-state index contributed by atoms with van der Waals surface area (Å²) in [5.74, 6) is 0.561. The molecule has 2 rings (SSSR count). The molecule has 0 bridgehead atoms. The van der Waals surface area contributed by atoms with Crippen LogP contribution in [-0.2, 0) is 4.74 Å². The number of methoxy groups -OCH3 is 1. The van der Waals surface area contributed by atoms with E-state index in [9.17, 15) is 4.79 Å². The Morgan fingerprint density at radius 1 is 1.50 bits per heavy atom. The molecule has 5 heteroatoms. The van der Waals surface area contributed by atoms with Crippen LogP contribution in [0.2, 0.25) is 0 Å². The number of rotatable bonds is 5. The van der Waals surface area contributed by atoms with Crippen molar-refractivity contribution in [3.8, 4) is 0 Å². The third kappa shape index (κ3) is 3.48. The van der Waals surface area contributed by atoms with Crippen LogP contribution in [0.25, 0.3) is 0 Å². The Kier molecular flexibility index (Phi) is 5.35. The summed E-state index contributed by atoms with van der Waals surface area (Å²) in [6.45, 7) is 4.86. The number of carbonyl (C=O) groups is 1. The quantitative estimate of drug-likeness (QED) is 0.894. The van der Waals surface area contributed by atoms with Crippen LogP contribution < -0.4 is 5.32 Å². The first-order chi connectivity index (χ1) is 9.76. The van der Waals surface area contributed by atoms with Crippen LogP contribution in [0.4, 0.5) is 4.79 Å². The van der Waals surface area contributed by atoms with Crippen molar-refractivity contribution in [2.45, 2.75) is 19.3 Å². The van der Waals surface area contributed by atoms with E-state index in [4.69, 9.17) is 4.74 Å². The molecule has 20 heavy (non-hydrogen) atoms. The SMILES string of the molecule is CCCNC(=O)N1C[C@@H](COC)[C@H](c2ccccn2)C1. The van der Waals surface area contributed by atoms with Crippen LogP contribution >= 0.6 is 0 Å². The van der Waals surface area contributed by atoms with Gasteiger partial charge in [0, 0.05) is 50.5 Å². The van der Waals surface area contributed by atoms with Gasteiger partial charge in [-0.1, -0.05) is 13.0 Å². The fourth-order valence-electron chi connectivity index (χ4n) is 2.69. The van der Waals surface area contributed by atoms with E-state index in [1.807, 2.05) is 23.1 Å². The Balaban J connectivity index is 2.05. The van der Waals surface area contributed by atoms with Gasteiger partial charge in [-0.2, -0.15) is 0 Å². The molecule has 110 valence electrons. The van der Waals surface area contributed by atoms with Gasteiger partial charge in [-0.25, -0.2) is 4.79 Å². The van der Waals surface area contributed by atoms with E-state index >= 15 is 0 Å². The molecule has 1 aromatic heterocycles. The predicted octanol–water partition coefficient (Wildman–Crippen LogP) is 1.86. The van der Waals surface area contributed by atoms with Crippen LogP contribution in [0.15, 0.2) is 24.4 Å². The van der Waals surface area contributed by atoms with Gasteiger partial charge in [0.25, 0.3) is 0 Å². The lowest BCUT2D eigenvalue weighted by molar-refractivity contribution is 0.147. The molecule has 1 saturated heterocycles. The molecular weight excluding hydrogens is 254 g/mol. The molecule has 1 N–H and O–H groups in total. The summed E-state index contributed by atoms with van der Waals surface area (Å²) in [5.41, 5.74) is 1.04. The number of likely N-dealkylation sites (tertiary alicyclic amines) is 1. The molecule has 1 fully saturated rings. The molecule has 2 heterocycles. The molecule has 2 atom stereocenters. The van der Waals surface area contributed by atoms with Gasteiger partial charge in [-0.15, -0.1) is 0 Å². The fourth-order valence-corrected chi connectivity index (χ4v) is 2.69. The lowest BCUT2D eigenvalue weighted by Gasteiger charge is -2.16. The monoisotopic (exact) mass is 277 g/mol. The van der Waals surface area contributed by atoms with Crippen molar-refractivity contribution in [1.29, 1.82) is 0 Å². The summed E-state index contributed by atoms with van der Waals surface area (Å²) in [6, 6.07) is 5.95. The normalized spacial score (nSPS) is 22.0. The van der Waals surface area contributed by atoms with Gasteiger partial charge in [0.15, 0.2) is 0 Å². The Labute approximate surface area is 120 Å². The van der Waals surface area contributed by atoms with Crippen LogP contribution in [0.5, 0.6) is 0 Å². The first-order valence-corrected chi connectivity index (χ1v) is 7.19. The zero-order chi connectivity index (χ0) is 14.4. The highest BCUT2D eigenvalue weighted by molar-refractivity contribution is 5.74. The van der Waals surface area contributed by atoms with Gasteiger partial charge in [-0.3, -0.25) is 4.98 Å². The molecule has 2 amide bonds. The largest absolute Gasteiger partial charge is 0.384 e. The molecule has 0 aliphatic carbocycles. The summed E-state index contributed by atoms with van der Waals surface area (Å²) < 4.78 is 5.30. The van der Waals surface area contributed by atoms with E-state index in [0.717, 1.165) is 25.2 Å². The topological polar surface area (TPSA) is 54.5 Å². The zero-order valence-electron chi connectivity index (χ0n) is 12.2. The first-order valence-electron chi connectivity index (χ1n) is 7.19. The summed E-state index contributed by atoms with van der Waals surface area (Å²) in [7, 11) is 1.70. The molecule has 0 unspecified atom stereocenters. The minimum Gasteiger partial charge on any atom is -0.384 e. The highest BCUT2D eigenvalue weighted by Gasteiger charge is 2.36. The molecule has 1 aliphatic heterocycles. The second-order valence-electron chi connectivity index (χ2n) is 5.21. The smallest absolute Gasteiger partial charge is 0.317 e. The van der Waals surface area contributed by atoms with Gasteiger partial charge in [0.05, 0.1) is 6.61 Å². The van der Waals surface area contributed by atoms with Crippen LogP contribution in [0.1, 0.15) is 25.0 Å². The molecule has 0 aromatic carbocycles. The van der Waals surface area contributed by atoms with Crippen molar-refractivity contribution < 1.29 is 9.53 Å². The van der Waals surface area contributed by atoms with Crippen LogP contribution in [0.3, 0.4) is 0 Å². The number of ether oxygens (including phenoxy) is 1. The van der Waals surface area contributed by atoms with Gasteiger partial charge >= 0.3 is 6.03 Å². The van der Waals surface area contributed by atoms with E-state index in [2.05, 4.69) is 17.2 Å². The molecule has 0 spiro atoms. The van der Waals surface area contributed by atoms with E-state index in [-0.39, 0.29) is 11.9 Å². The Hall–Kier alpha value is -1.62. The van der Waals surface area contributed by atoms with E-state index in [1.54, 1.807) is 13.3 Å². The second-order valence-corrected chi connectivity index (χ2v) is 5.21. The molecule has 5 nitrogen and oxygen atoms in total. The number of pyridine rings is 1. The number of hydrogen-bond donors (Lipinski definition) is 1.